The van der Waals surface area contributed by atoms with Crippen LogP contribution in [0, 0.1) is 0 Å². The lowest BCUT2D eigenvalue weighted by Gasteiger charge is -2.18. The fraction of sp³-hybridized carbons (Fsp3) is 0.375. The lowest BCUT2D eigenvalue weighted by molar-refractivity contribution is 0.235. The summed E-state index contributed by atoms with van der Waals surface area (Å²) in [6.07, 6.45) is 5.67. The highest BCUT2D eigenvalue weighted by molar-refractivity contribution is 7.98. The second-order valence-corrected chi connectivity index (χ2v) is 6.15. The van der Waals surface area contributed by atoms with E-state index in [0.29, 0.717) is 0 Å². The van der Waals surface area contributed by atoms with Crippen LogP contribution in [0.25, 0.3) is 5.69 Å². The summed E-state index contributed by atoms with van der Waals surface area (Å²) in [5.74, 6) is 0.899. The molecule has 0 aliphatic carbocycles. The first-order valence-corrected chi connectivity index (χ1v) is 8.65. The predicted octanol–water partition coefficient (Wildman–Crippen LogP) is 2.98. The van der Waals surface area contributed by atoms with Crippen molar-refractivity contribution >= 4 is 17.8 Å². The third-order valence-corrected chi connectivity index (χ3v) is 4.11. The van der Waals surface area contributed by atoms with Gasteiger partial charge in [-0.3, -0.25) is 0 Å². The summed E-state index contributed by atoms with van der Waals surface area (Å²) in [4.78, 5) is 12.0. The average molecular weight is 318 g/mol. The second-order valence-electron chi connectivity index (χ2n) is 5.24. The molecule has 1 aromatic heterocycles. The van der Waals surface area contributed by atoms with Gasteiger partial charge in [0, 0.05) is 24.2 Å². The molecule has 0 aliphatic rings. The van der Waals surface area contributed by atoms with Crippen molar-refractivity contribution in [2.75, 3.05) is 12.0 Å². The molecule has 2 aromatic rings. The number of carbonyl (C=O) groups excluding carboxylic acids is 1. The van der Waals surface area contributed by atoms with Crippen LogP contribution >= 0.6 is 11.8 Å². The van der Waals surface area contributed by atoms with Gasteiger partial charge in [-0.25, -0.2) is 9.48 Å². The molecule has 0 aliphatic heterocycles. The van der Waals surface area contributed by atoms with Crippen molar-refractivity contribution in [3.8, 4) is 5.69 Å². The maximum Gasteiger partial charge on any atom is 0.315 e. The van der Waals surface area contributed by atoms with E-state index in [2.05, 4.69) is 15.7 Å². The quantitative estimate of drug-likeness (QED) is 0.861. The molecule has 0 spiro atoms. The number of amides is 2. The van der Waals surface area contributed by atoms with Crippen LogP contribution in [0.15, 0.2) is 42.7 Å². The number of urea groups is 1. The van der Waals surface area contributed by atoms with Gasteiger partial charge in [-0.15, -0.1) is 0 Å². The monoisotopic (exact) mass is 318 g/mol. The van der Waals surface area contributed by atoms with Gasteiger partial charge in [0.05, 0.1) is 11.7 Å². The summed E-state index contributed by atoms with van der Waals surface area (Å²) >= 11 is 1.72. The molecule has 0 saturated heterocycles. The van der Waals surface area contributed by atoms with Crippen LogP contribution in [0.3, 0.4) is 0 Å². The minimum Gasteiger partial charge on any atom is -0.335 e. The van der Waals surface area contributed by atoms with Gasteiger partial charge in [0.25, 0.3) is 0 Å². The van der Waals surface area contributed by atoms with Gasteiger partial charge in [-0.05, 0) is 43.9 Å². The van der Waals surface area contributed by atoms with E-state index >= 15 is 0 Å². The van der Waals surface area contributed by atoms with Gasteiger partial charge in [-0.1, -0.05) is 12.1 Å². The Kier molecular flexibility index (Phi) is 5.89. The van der Waals surface area contributed by atoms with Gasteiger partial charge in [0.1, 0.15) is 0 Å². The molecule has 1 aromatic carbocycles. The smallest absolute Gasteiger partial charge is 0.315 e. The Hall–Kier alpha value is -1.95. The second kappa shape index (κ2) is 7.89. The van der Waals surface area contributed by atoms with Crippen LogP contribution in [0.1, 0.15) is 25.5 Å². The van der Waals surface area contributed by atoms with Crippen LogP contribution in [-0.2, 0) is 0 Å². The first-order chi connectivity index (χ1) is 10.6. The third kappa shape index (κ3) is 4.53. The fourth-order valence-corrected chi connectivity index (χ4v) is 2.78. The Labute approximate surface area is 135 Å². The zero-order chi connectivity index (χ0) is 15.9. The zero-order valence-electron chi connectivity index (χ0n) is 13.1. The molecular formula is C16H22N4OS. The van der Waals surface area contributed by atoms with Crippen molar-refractivity contribution in [3.05, 3.63) is 48.3 Å². The molecule has 6 heteroatoms. The van der Waals surface area contributed by atoms with Crippen molar-refractivity contribution in [2.24, 2.45) is 0 Å². The van der Waals surface area contributed by atoms with Gasteiger partial charge in [-0.2, -0.15) is 16.9 Å². The molecule has 2 atom stereocenters. The minimum absolute atomic E-state index is 0.0722. The summed E-state index contributed by atoms with van der Waals surface area (Å²) in [7, 11) is 0. The molecule has 0 radical (unpaired) electrons. The molecule has 2 N–H and O–H groups in total. The molecule has 0 fully saturated rings. The summed E-state index contributed by atoms with van der Waals surface area (Å²) < 4.78 is 1.80. The Morgan fingerprint density at radius 3 is 2.82 bits per heavy atom. The fourth-order valence-electron chi connectivity index (χ4n) is 2.20. The molecule has 0 saturated carbocycles. The van der Waals surface area contributed by atoms with Gasteiger partial charge in [0.15, 0.2) is 0 Å². The van der Waals surface area contributed by atoms with Crippen molar-refractivity contribution in [1.29, 1.82) is 0 Å². The van der Waals surface area contributed by atoms with Crippen LogP contribution in [0.5, 0.6) is 0 Å². The summed E-state index contributed by atoms with van der Waals surface area (Å²) in [6, 6.07) is 9.82. The van der Waals surface area contributed by atoms with Gasteiger partial charge in [0.2, 0.25) is 0 Å². The van der Waals surface area contributed by atoms with Gasteiger partial charge >= 0.3 is 6.03 Å². The summed E-state index contributed by atoms with van der Waals surface area (Å²) in [6.45, 7) is 3.97. The highest BCUT2D eigenvalue weighted by atomic mass is 32.2. The maximum atomic E-state index is 12.0. The lowest BCUT2D eigenvalue weighted by Crippen LogP contribution is -2.42. The highest BCUT2D eigenvalue weighted by Crippen LogP contribution is 2.16. The first-order valence-electron chi connectivity index (χ1n) is 7.26. The van der Waals surface area contributed by atoms with Crippen molar-refractivity contribution in [2.45, 2.75) is 25.9 Å². The molecule has 5 nitrogen and oxygen atoms in total. The van der Waals surface area contributed by atoms with Crippen LogP contribution in [0.2, 0.25) is 0 Å². The van der Waals surface area contributed by atoms with Gasteiger partial charge < -0.3 is 10.6 Å². The van der Waals surface area contributed by atoms with Crippen LogP contribution < -0.4 is 10.6 Å². The highest BCUT2D eigenvalue weighted by Gasteiger charge is 2.12. The molecular weight excluding hydrogens is 296 g/mol. The molecule has 0 bridgehead atoms. The Bertz CT molecular complexity index is 600. The normalized spacial score (nSPS) is 13.4. The lowest BCUT2D eigenvalue weighted by atomic mass is 10.1. The Balaban J connectivity index is 1.99. The summed E-state index contributed by atoms with van der Waals surface area (Å²) in [5, 5.41) is 10.1. The first kappa shape index (κ1) is 16.4. The van der Waals surface area contributed by atoms with E-state index in [1.807, 2.05) is 56.6 Å². The molecule has 2 rings (SSSR count). The Morgan fingerprint density at radius 1 is 1.32 bits per heavy atom. The molecule has 22 heavy (non-hydrogen) atoms. The molecule has 0 unspecified atom stereocenters. The standard InChI is InChI=1S/C16H22N4OS/c1-12(11-22-3)18-16(21)19-13(2)14-6-4-7-15(10-14)20-9-5-8-17-20/h4-10,12-13H,11H2,1-3H3,(H2,18,19,21)/t12-,13+/m1/s1. The minimum atomic E-state index is -0.140. The zero-order valence-corrected chi connectivity index (χ0v) is 13.9. The van der Waals surface area contributed by atoms with E-state index in [-0.39, 0.29) is 18.1 Å². The maximum absolute atomic E-state index is 12.0. The number of benzene rings is 1. The summed E-state index contributed by atoms with van der Waals surface area (Å²) in [5.41, 5.74) is 2.02. The van der Waals surface area contributed by atoms with Crippen molar-refractivity contribution in [3.63, 3.8) is 0 Å². The number of rotatable bonds is 6. The van der Waals surface area contributed by atoms with E-state index in [9.17, 15) is 4.79 Å². The van der Waals surface area contributed by atoms with Crippen molar-refractivity contribution in [1.82, 2.24) is 20.4 Å². The van der Waals surface area contributed by atoms with Crippen LogP contribution in [-0.4, -0.2) is 33.9 Å². The van der Waals surface area contributed by atoms with E-state index in [1.165, 1.54) is 0 Å². The number of aromatic nitrogens is 2. The van der Waals surface area contributed by atoms with Crippen LogP contribution in [0.4, 0.5) is 4.79 Å². The number of nitrogens with zero attached hydrogens (tertiary/aromatic N) is 2. The van der Waals surface area contributed by atoms with E-state index in [4.69, 9.17) is 0 Å². The number of nitrogens with one attached hydrogen (secondary N) is 2. The third-order valence-electron chi connectivity index (χ3n) is 3.28. The van der Waals surface area contributed by atoms with E-state index < -0.39 is 0 Å². The molecule has 1 heterocycles. The molecule has 118 valence electrons. The number of thioether (sulfide) groups is 1. The SMILES string of the molecule is CSC[C@@H](C)NC(=O)N[C@@H](C)c1cccc(-n2cccn2)c1. The van der Waals surface area contributed by atoms with E-state index in [1.54, 1.807) is 22.6 Å². The van der Waals surface area contributed by atoms with Crippen molar-refractivity contribution < 1.29 is 4.79 Å². The van der Waals surface area contributed by atoms with E-state index in [0.717, 1.165) is 17.0 Å². The largest absolute Gasteiger partial charge is 0.335 e. The predicted molar refractivity (Wildman–Crippen MR) is 91.5 cm³/mol. The Morgan fingerprint density at radius 2 is 2.14 bits per heavy atom. The average Bonchev–Trinajstić information content (AvgIpc) is 3.01. The number of hydrogen-bond donors (Lipinski definition) is 2. The topological polar surface area (TPSA) is 59.0 Å². The number of hydrogen-bond acceptors (Lipinski definition) is 3. The number of carbonyl (C=O) groups is 1. The molecule has 2 amide bonds.